The molecule has 1 aliphatic heterocycles. The van der Waals surface area contributed by atoms with Crippen molar-refractivity contribution in [2.75, 3.05) is 33.4 Å². The summed E-state index contributed by atoms with van der Waals surface area (Å²) in [6.07, 6.45) is 0.891. The summed E-state index contributed by atoms with van der Waals surface area (Å²) in [5.74, 6) is 0.119. The Morgan fingerprint density at radius 1 is 1.47 bits per heavy atom. The molecule has 0 radical (unpaired) electrons. The molecule has 0 aliphatic carbocycles. The van der Waals surface area contributed by atoms with Crippen LogP contribution in [0.5, 0.6) is 0 Å². The minimum absolute atomic E-state index is 0.119. The van der Waals surface area contributed by atoms with Gasteiger partial charge in [-0.3, -0.25) is 4.79 Å². The Hall–Kier alpha value is -1.39. The van der Waals surface area contributed by atoms with Crippen molar-refractivity contribution in [3.05, 3.63) is 35.4 Å². The zero-order valence-electron chi connectivity index (χ0n) is 11.7. The summed E-state index contributed by atoms with van der Waals surface area (Å²) in [6, 6.07) is 8.12. The van der Waals surface area contributed by atoms with Crippen LogP contribution in [0, 0.1) is 6.92 Å². The number of amides is 1. The summed E-state index contributed by atoms with van der Waals surface area (Å²) in [7, 11) is 1.86. The van der Waals surface area contributed by atoms with E-state index in [9.17, 15) is 4.79 Å². The average molecular weight is 262 g/mol. The second-order valence-electron chi connectivity index (χ2n) is 5.02. The van der Waals surface area contributed by atoms with Gasteiger partial charge in [-0.15, -0.1) is 0 Å². The molecule has 4 nitrogen and oxygen atoms in total. The normalized spacial score (nSPS) is 19.2. The number of hydrogen-bond acceptors (Lipinski definition) is 3. The third-order valence-electron chi connectivity index (χ3n) is 3.57. The Morgan fingerprint density at radius 2 is 2.26 bits per heavy atom. The fourth-order valence-corrected chi connectivity index (χ4v) is 2.28. The number of likely N-dealkylation sites (N-methyl/N-ethyl adjacent to an activating group) is 1. The molecule has 0 spiro atoms. The number of carbonyl (C=O) groups excluding carboxylic acids is 1. The third-order valence-corrected chi connectivity index (χ3v) is 3.57. The van der Waals surface area contributed by atoms with Gasteiger partial charge in [0, 0.05) is 20.1 Å². The number of ether oxygens (including phenoxy) is 1. The molecule has 1 aromatic carbocycles. The number of hydrogen-bond donors (Lipinski definition) is 1. The lowest BCUT2D eigenvalue weighted by Crippen LogP contribution is -2.51. The molecule has 2 rings (SSSR count). The summed E-state index contributed by atoms with van der Waals surface area (Å²) in [4.78, 5) is 14.0. The van der Waals surface area contributed by atoms with Crippen molar-refractivity contribution in [2.45, 2.75) is 19.4 Å². The molecule has 104 valence electrons. The van der Waals surface area contributed by atoms with Gasteiger partial charge in [0.25, 0.3) is 0 Å². The number of aryl methyl sites for hydroxylation is 1. The van der Waals surface area contributed by atoms with Gasteiger partial charge in [-0.2, -0.15) is 0 Å². The molecule has 0 aromatic heterocycles. The summed E-state index contributed by atoms with van der Waals surface area (Å²) in [6.45, 7) is 4.77. The van der Waals surface area contributed by atoms with Crippen LogP contribution in [0.25, 0.3) is 0 Å². The van der Waals surface area contributed by atoms with Gasteiger partial charge in [0.15, 0.2) is 0 Å². The minimum Gasteiger partial charge on any atom is -0.378 e. The Labute approximate surface area is 114 Å². The molecule has 1 aliphatic rings. The van der Waals surface area contributed by atoms with Crippen molar-refractivity contribution in [1.29, 1.82) is 0 Å². The molecular weight excluding hydrogens is 240 g/mol. The summed E-state index contributed by atoms with van der Waals surface area (Å²) in [5.41, 5.74) is 2.58. The van der Waals surface area contributed by atoms with E-state index in [0.29, 0.717) is 13.2 Å². The number of nitrogens with one attached hydrogen (secondary N) is 1. The van der Waals surface area contributed by atoms with Gasteiger partial charge in [0.1, 0.15) is 6.04 Å². The van der Waals surface area contributed by atoms with E-state index in [2.05, 4.69) is 24.4 Å². The fourth-order valence-electron chi connectivity index (χ4n) is 2.28. The van der Waals surface area contributed by atoms with Crippen molar-refractivity contribution in [3.8, 4) is 0 Å². The van der Waals surface area contributed by atoms with Crippen molar-refractivity contribution in [1.82, 2.24) is 10.2 Å². The van der Waals surface area contributed by atoms with E-state index in [-0.39, 0.29) is 11.9 Å². The molecule has 1 unspecified atom stereocenters. The summed E-state index contributed by atoms with van der Waals surface area (Å²) >= 11 is 0. The number of morpholine rings is 1. The Balaban J connectivity index is 1.85. The van der Waals surface area contributed by atoms with Gasteiger partial charge in [-0.25, -0.2) is 0 Å². The molecule has 1 heterocycles. The van der Waals surface area contributed by atoms with E-state index in [4.69, 9.17) is 4.74 Å². The number of carbonyl (C=O) groups is 1. The van der Waals surface area contributed by atoms with Gasteiger partial charge in [-0.1, -0.05) is 24.3 Å². The van der Waals surface area contributed by atoms with Crippen molar-refractivity contribution >= 4 is 5.91 Å². The van der Waals surface area contributed by atoms with Gasteiger partial charge in [-0.05, 0) is 24.5 Å². The number of rotatable bonds is 4. The lowest BCUT2D eigenvalue weighted by atomic mass is 10.1. The van der Waals surface area contributed by atoms with E-state index in [1.165, 1.54) is 11.1 Å². The molecule has 4 heteroatoms. The van der Waals surface area contributed by atoms with Crippen molar-refractivity contribution in [3.63, 3.8) is 0 Å². The lowest BCUT2D eigenvalue weighted by molar-refractivity contribution is -0.135. The molecule has 1 N–H and O–H groups in total. The predicted octanol–water partition coefficient (Wildman–Crippen LogP) is 0.984. The smallest absolute Gasteiger partial charge is 0.241 e. The van der Waals surface area contributed by atoms with Gasteiger partial charge in [0.05, 0.1) is 13.2 Å². The second-order valence-corrected chi connectivity index (χ2v) is 5.02. The molecule has 1 saturated heterocycles. The second kappa shape index (κ2) is 6.68. The zero-order valence-corrected chi connectivity index (χ0v) is 11.7. The topological polar surface area (TPSA) is 41.6 Å². The van der Waals surface area contributed by atoms with Crippen LogP contribution in [0.3, 0.4) is 0 Å². The maximum absolute atomic E-state index is 12.2. The van der Waals surface area contributed by atoms with Crippen LogP contribution in [-0.4, -0.2) is 50.2 Å². The molecule has 1 atom stereocenters. The van der Waals surface area contributed by atoms with E-state index in [1.807, 2.05) is 19.2 Å². The van der Waals surface area contributed by atoms with E-state index in [1.54, 1.807) is 4.90 Å². The first kappa shape index (κ1) is 14.0. The molecule has 1 fully saturated rings. The third kappa shape index (κ3) is 3.78. The van der Waals surface area contributed by atoms with Gasteiger partial charge in [0.2, 0.25) is 5.91 Å². The molecule has 0 bridgehead atoms. The Kier molecular flexibility index (Phi) is 4.93. The lowest BCUT2D eigenvalue weighted by Gasteiger charge is -2.27. The highest BCUT2D eigenvalue weighted by atomic mass is 16.5. The van der Waals surface area contributed by atoms with Crippen LogP contribution in [0.4, 0.5) is 0 Å². The molecule has 1 aromatic rings. The zero-order chi connectivity index (χ0) is 13.7. The van der Waals surface area contributed by atoms with Crippen molar-refractivity contribution in [2.24, 2.45) is 0 Å². The maximum atomic E-state index is 12.2. The van der Waals surface area contributed by atoms with Crippen LogP contribution >= 0.6 is 0 Å². The SMILES string of the molecule is Cc1ccccc1CCN(C)C(=O)C1COCCN1. The molecule has 19 heavy (non-hydrogen) atoms. The van der Waals surface area contributed by atoms with Crippen LogP contribution in [-0.2, 0) is 16.0 Å². The Bertz CT molecular complexity index is 428. The number of benzene rings is 1. The Morgan fingerprint density at radius 3 is 2.95 bits per heavy atom. The van der Waals surface area contributed by atoms with E-state index < -0.39 is 0 Å². The van der Waals surface area contributed by atoms with Crippen LogP contribution < -0.4 is 5.32 Å². The molecule has 0 saturated carbocycles. The van der Waals surface area contributed by atoms with Crippen LogP contribution in [0.15, 0.2) is 24.3 Å². The highest BCUT2D eigenvalue weighted by Gasteiger charge is 2.23. The minimum atomic E-state index is -0.185. The largest absolute Gasteiger partial charge is 0.378 e. The molecular formula is C15H22N2O2. The summed E-state index contributed by atoms with van der Waals surface area (Å²) in [5, 5.41) is 3.19. The van der Waals surface area contributed by atoms with E-state index >= 15 is 0 Å². The number of nitrogens with zero attached hydrogens (tertiary/aromatic N) is 1. The first-order chi connectivity index (χ1) is 9.18. The maximum Gasteiger partial charge on any atom is 0.241 e. The van der Waals surface area contributed by atoms with Gasteiger partial charge < -0.3 is 15.0 Å². The van der Waals surface area contributed by atoms with Crippen LogP contribution in [0.1, 0.15) is 11.1 Å². The van der Waals surface area contributed by atoms with Crippen LogP contribution in [0.2, 0.25) is 0 Å². The predicted molar refractivity (Wildman–Crippen MR) is 75.1 cm³/mol. The standard InChI is InChI=1S/C15H22N2O2/c1-12-5-3-4-6-13(12)7-9-17(2)15(18)14-11-19-10-8-16-14/h3-6,14,16H,7-11H2,1-2H3. The molecule has 1 amide bonds. The first-order valence-corrected chi connectivity index (χ1v) is 6.79. The average Bonchev–Trinajstić information content (AvgIpc) is 2.46. The van der Waals surface area contributed by atoms with Crippen molar-refractivity contribution < 1.29 is 9.53 Å². The highest BCUT2D eigenvalue weighted by molar-refractivity contribution is 5.81. The summed E-state index contributed by atoms with van der Waals surface area (Å²) < 4.78 is 5.33. The monoisotopic (exact) mass is 262 g/mol. The fraction of sp³-hybridized carbons (Fsp3) is 0.533. The quantitative estimate of drug-likeness (QED) is 0.879. The van der Waals surface area contributed by atoms with E-state index in [0.717, 1.165) is 19.5 Å². The first-order valence-electron chi connectivity index (χ1n) is 6.79. The highest BCUT2D eigenvalue weighted by Crippen LogP contribution is 2.08. The van der Waals surface area contributed by atoms with Gasteiger partial charge >= 0.3 is 0 Å².